The third-order valence-electron chi connectivity index (χ3n) is 5.77. The summed E-state index contributed by atoms with van der Waals surface area (Å²) in [4.78, 5) is 30.8. The van der Waals surface area contributed by atoms with E-state index < -0.39 is 0 Å². The van der Waals surface area contributed by atoms with Crippen LogP contribution in [0.4, 0.5) is 5.82 Å². The number of thiophene rings is 1. The first kappa shape index (κ1) is 17.7. The predicted molar refractivity (Wildman–Crippen MR) is 106 cm³/mol. The van der Waals surface area contributed by atoms with Gasteiger partial charge in [0.2, 0.25) is 0 Å². The lowest BCUT2D eigenvalue weighted by Crippen LogP contribution is -2.44. The van der Waals surface area contributed by atoms with Crippen LogP contribution in [0.25, 0.3) is 10.2 Å². The number of piperidine rings is 1. The molecule has 7 heteroatoms. The lowest BCUT2D eigenvalue weighted by Gasteiger charge is -2.33. The molecule has 140 valence electrons. The van der Waals surface area contributed by atoms with Gasteiger partial charge in [0.1, 0.15) is 17.0 Å². The van der Waals surface area contributed by atoms with E-state index in [0.29, 0.717) is 6.04 Å². The van der Waals surface area contributed by atoms with E-state index in [1.165, 1.54) is 17.8 Å². The molecule has 4 rings (SSSR count). The van der Waals surface area contributed by atoms with Crippen molar-refractivity contribution >= 4 is 33.3 Å². The summed E-state index contributed by atoms with van der Waals surface area (Å²) in [5, 5.41) is 1.06. The third-order valence-corrected chi connectivity index (χ3v) is 6.96. The Kier molecular flexibility index (Phi) is 4.84. The molecule has 4 heterocycles. The number of fused-ring (bicyclic) bond motifs is 1. The first-order valence-electron chi connectivity index (χ1n) is 9.55. The van der Waals surface area contributed by atoms with Crippen LogP contribution in [-0.4, -0.2) is 71.5 Å². The maximum Gasteiger partial charge on any atom is 0.264 e. The van der Waals surface area contributed by atoms with Crippen molar-refractivity contribution in [2.45, 2.75) is 39.2 Å². The van der Waals surface area contributed by atoms with Crippen molar-refractivity contribution in [2.24, 2.45) is 0 Å². The average Bonchev–Trinajstić information content (AvgIpc) is 2.99. The minimum atomic E-state index is 0.169. The number of hydrogen-bond donors (Lipinski definition) is 0. The fourth-order valence-electron chi connectivity index (χ4n) is 4.05. The summed E-state index contributed by atoms with van der Waals surface area (Å²) in [6.07, 6.45) is 5.06. The number of carbonyl (C=O) groups is 1. The summed E-state index contributed by atoms with van der Waals surface area (Å²) >= 11 is 1.53. The van der Waals surface area contributed by atoms with Gasteiger partial charge in [-0.2, -0.15) is 0 Å². The molecule has 0 aromatic carbocycles. The molecule has 2 aliphatic rings. The molecule has 0 bridgehead atoms. The van der Waals surface area contributed by atoms with E-state index in [0.717, 1.165) is 72.0 Å². The minimum Gasteiger partial charge on any atom is -0.353 e. The maximum absolute atomic E-state index is 13.2. The van der Waals surface area contributed by atoms with E-state index in [4.69, 9.17) is 0 Å². The number of likely N-dealkylation sites (tertiary alicyclic amines) is 1. The number of piperazine rings is 1. The maximum atomic E-state index is 13.2. The first-order chi connectivity index (χ1) is 12.6. The monoisotopic (exact) mass is 373 g/mol. The minimum absolute atomic E-state index is 0.169. The van der Waals surface area contributed by atoms with Crippen LogP contribution in [0.3, 0.4) is 0 Å². The Morgan fingerprint density at radius 3 is 2.65 bits per heavy atom. The van der Waals surface area contributed by atoms with Gasteiger partial charge in [0.25, 0.3) is 5.91 Å². The lowest BCUT2D eigenvalue weighted by molar-refractivity contribution is 0.0640. The van der Waals surface area contributed by atoms with Gasteiger partial charge in [-0.3, -0.25) is 4.79 Å². The Morgan fingerprint density at radius 2 is 1.92 bits per heavy atom. The second kappa shape index (κ2) is 7.12. The highest BCUT2D eigenvalue weighted by molar-refractivity contribution is 7.20. The number of amides is 1. The highest BCUT2D eigenvalue weighted by Crippen LogP contribution is 2.36. The van der Waals surface area contributed by atoms with E-state index in [2.05, 4.69) is 40.7 Å². The largest absolute Gasteiger partial charge is 0.353 e. The summed E-state index contributed by atoms with van der Waals surface area (Å²) in [5.41, 5.74) is 1.04. The molecule has 0 N–H and O–H groups in total. The molecule has 2 aliphatic heterocycles. The van der Waals surface area contributed by atoms with Crippen LogP contribution in [-0.2, 0) is 0 Å². The number of anilines is 1. The van der Waals surface area contributed by atoms with E-state index >= 15 is 0 Å². The molecule has 1 amide bonds. The van der Waals surface area contributed by atoms with Gasteiger partial charge in [-0.25, -0.2) is 9.97 Å². The molecule has 0 spiro atoms. The number of aromatic nitrogens is 2. The summed E-state index contributed by atoms with van der Waals surface area (Å²) in [5.74, 6) is 1.16. The van der Waals surface area contributed by atoms with Crippen LogP contribution in [0.5, 0.6) is 0 Å². The topological polar surface area (TPSA) is 52.6 Å². The second-order valence-corrected chi connectivity index (χ2v) is 8.57. The Hall–Kier alpha value is -1.73. The summed E-state index contributed by atoms with van der Waals surface area (Å²) in [7, 11) is 2.15. The molecule has 6 nitrogen and oxygen atoms in total. The Balaban J connectivity index is 1.70. The van der Waals surface area contributed by atoms with Crippen LogP contribution < -0.4 is 4.90 Å². The van der Waals surface area contributed by atoms with Gasteiger partial charge in [0.15, 0.2) is 0 Å². The first-order valence-corrected chi connectivity index (χ1v) is 10.4. The predicted octanol–water partition coefficient (Wildman–Crippen LogP) is 2.77. The van der Waals surface area contributed by atoms with Crippen molar-refractivity contribution in [1.82, 2.24) is 19.8 Å². The number of rotatable bonds is 2. The zero-order valence-electron chi connectivity index (χ0n) is 15.9. The van der Waals surface area contributed by atoms with E-state index in [1.54, 1.807) is 6.33 Å². The third kappa shape index (κ3) is 3.07. The molecule has 0 saturated carbocycles. The van der Waals surface area contributed by atoms with Gasteiger partial charge >= 0.3 is 0 Å². The molecule has 0 unspecified atom stereocenters. The van der Waals surface area contributed by atoms with Crippen LogP contribution in [0, 0.1) is 6.92 Å². The number of likely N-dealkylation sites (N-methyl/N-ethyl adjacent to an activating group) is 1. The van der Waals surface area contributed by atoms with Gasteiger partial charge in [-0.15, -0.1) is 11.3 Å². The zero-order valence-corrected chi connectivity index (χ0v) is 16.7. The number of hydrogen-bond acceptors (Lipinski definition) is 6. The van der Waals surface area contributed by atoms with E-state index in [9.17, 15) is 4.79 Å². The highest BCUT2D eigenvalue weighted by atomic mass is 32.1. The standard InChI is InChI=1S/C19H27N5OS/c1-13-6-4-5-7-24(13)19(25)16-14(2)15-17(20-12-21-18(15)26-16)23-10-8-22(3)9-11-23/h12-13H,4-11H2,1-3H3/t13-/m1/s1. The molecule has 2 aromatic rings. The Labute approximate surface area is 158 Å². The van der Waals surface area contributed by atoms with Crippen LogP contribution >= 0.6 is 11.3 Å². The zero-order chi connectivity index (χ0) is 18.3. The van der Waals surface area contributed by atoms with Crippen molar-refractivity contribution in [3.05, 3.63) is 16.8 Å². The SMILES string of the molecule is Cc1c(C(=O)N2CCCC[C@H]2C)sc2ncnc(N3CCN(C)CC3)c12. The van der Waals surface area contributed by atoms with Gasteiger partial charge in [0, 0.05) is 38.8 Å². The smallest absolute Gasteiger partial charge is 0.264 e. The molecule has 2 aromatic heterocycles. The Bertz CT molecular complexity index is 812. The molecule has 2 saturated heterocycles. The highest BCUT2D eigenvalue weighted by Gasteiger charge is 2.29. The second-order valence-electron chi connectivity index (χ2n) is 7.57. The molecular weight excluding hydrogens is 346 g/mol. The molecule has 2 fully saturated rings. The summed E-state index contributed by atoms with van der Waals surface area (Å²) in [6, 6.07) is 0.323. The van der Waals surface area contributed by atoms with E-state index in [-0.39, 0.29) is 5.91 Å². The fraction of sp³-hybridized carbons (Fsp3) is 0.632. The van der Waals surface area contributed by atoms with Gasteiger partial charge < -0.3 is 14.7 Å². The summed E-state index contributed by atoms with van der Waals surface area (Å²) < 4.78 is 0. The summed E-state index contributed by atoms with van der Waals surface area (Å²) in [6.45, 7) is 9.08. The Morgan fingerprint density at radius 1 is 1.15 bits per heavy atom. The molecular formula is C19H27N5OS. The average molecular weight is 374 g/mol. The number of nitrogens with zero attached hydrogens (tertiary/aromatic N) is 5. The van der Waals surface area contributed by atoms with Crippen LogP contribution in [0.2, 0.25) is 0 Å². The molecule has 1 atom stereocenters. The quantitative estimate of drug-likeness (QED) is 0.810. The van der Waals surface area contributed by atoms with Crippen molar-refractivity contribution < 1.29 is 4.79 Å². The molecule has 0 radical (unpaired) electrons. The van der Waals surface area contributed by atoms with Gasteiger partial charge in [-0.05, 0) is 45.7 Å². The van der Waals surface area contributed by atoms with Crippen LogP contribution in [0.1, 0.15) is 41.4 Å². The van der Waals surface area contributed by atoms with Crippen molar-refractivity contribution in [3.8, 4) is 0 Å². The molecule has 0 aliphatic carbocycles. The van der Waals surface area contributed by atoms with Crippen molar-refractivity contribution in [1.29, 1.82) is 0 Å². The number of carbonyl (C=O) groups excluding carboxylic acids is 1. The number of aryl methyl sites for hydroxylation is 1. The molecule has 26 heavy (non-hydrogen) atoms. The normalized spacial score (nSPS) is 22.2. The van der Waals surface area contributed by atoms with Crippen molar-refractivity contribution in [2.75, 3.05) is 44.7 Å². The fourth-order valence-corrected chi connectivity index (χ4v) is 5.14. The van der Waals surface area contributed by atoms with Crippen LogP contribution in [0.15, 0.2) is 6.33 Å². The lowest BCUT2D eigenvalue weighted by atomic mass is 10.0. The van der Waals surface area contributed by atoms with Gasteiger partial charge in [-0.1, -0.05) is 0 Å². The van der Waals surface area contributed by atoms with E-state index in [1.807, 2.05) is 4.90 Å². The van der Waals surface area contributed by atoms with Crippen molar-refractivity contribution in [3.63, 3.8) is 0 Å². The van der Waals surface area contributed by atoms with Gasteiger partial charge in [0.05, 0.1) is 10.3 Å².